The zero-order valence-electron chi connectivity index (χ0n) is 16.1. The number of fused-ring (bicyclic) bond motifs is 1. The first-order valence-electron chi connectivity index (χ1n) is 9.82. The normalized spacial score (nSPS) is 19.2. The molecule has 150 valence electrons. The second-order valence-corrected chi connectivity index (χ2v) is 9.64. The first-order valence-corrected chi connectivity index (χ1v) is 11.7. The summed E-state index contributed by atoms with van der Waals surface area (Å²) in [7, 11) is -3.17. The Hall–Kier alpha value is -2.19. The second kappa shape index (κ2) is 7.67. The van der Waals surface area contributed by atoms with Gasteiger partial charge in [-0.05, 0) is 37.8 Å². The van der Waals surface area contributed by atoms with Crippen molar-refractivity contribution in [2.24, 2.45) is 0 Å². The molecule has 4 rings (SSSR count). The Morgan fingerprint density at radius 3 is 2.46 bits per heavy atom. The molecule has 7 nitrogen and oxygen atoms in total. The van der Waals surface area contributed by atoms with Crippen molar-refractivity contribution in [2.45, 2.75) is 31.7 Å². The lowest BCUT2D eigenvalue weighted by Crippen LogP contribution is -2.46. The third kappa shape index (κ3) is 3.98. The van der Waals surface area contributed by atoms with E-state index in [1.54, 1.807) is 0 Å². The van der Waals surface area contributed by atoms with E-state index in [1.165, 1.54) is 10.6 Å². The van der Waals surface area contributed by atoms with Gasteiger partial charge in [-0.3, -0.25) is 4.79 Å². The van der Waals surface area contributed by atoms with Crippen LogP contribution in [0.1, 0.15) is 36.0 Å². The van der Waals surface area contributed by atoms with Crippen LogP contribution in [0.25, 0.3) is 10.9 Å². The predicted molar refractivity (Wildman–Crippen MR) is 110 cm³/mol. The fourth-order valence-electron chi connectivity index (χ4n) is 4.04. The molecule has 2 aliphatic rings. The zero-order valence-corrected chi connectivity index (χ0v) is 16.9. The Morgan fingerprint density at radius 2 is 1.79 bits per heavy atom. The van der Waals surface area contributed by atoms with Gasteiger partial charge >= 0.3 is 0 Å². The SMILES string of the molecule is CS(=O)(=O)N1CCC(NC(=O)c2cc3ccccc3nc2N2CCCC2)CC1. The molecular weight excluding hydrogens is 376 g/mol. The molecule has 2 aromatic rings. The molecule has 0 atom stereocenters. The number of rotatable bonds is 4. The van der Waals surface area contributed by atoms with Crippen LogP contribution in [0.4, 0.5) is 5.82 Å². The number of hydrogen-bond donors (Lipinski definition) is 1. The monoisotopic (exact) mass is 402 g/mol. The number of pyridine rings is 1. The average molecular weight is 403 g/mol. The maximum atomic E-state index is 13.1. The molecule has 0 saturated carbocycles. The maximum absolute atomic E-state index is 13.1. The van der Waals surface area contributed by atoms with E-state index in [9.17, 15) is 13.2 Å². The number of para-hydroxylation sites is 1. The summed E-state index contributed by atoms with van der Waals surface area (Å²) in [5.74, 6) is 0.625. The summed E-state index contributed by atoms with van der Waals surface area (Å²) in [6, 6.07) is 9.75. The third-order valence-corrected chi connectivity index (χ3v) is 6.92. The number of amides is 1. The van der Waals surface area contributed by atoms with Crippen molar-refractivity contribution in [1.29, 1.82) is 0 Å². The van der Waals surface area contributed by atoms with Crippen LogP contribution in [0.2, 0.25) is 0 Å². The molecule has 0 spiro atoms. The summed E-state index contributed by atoms with van der Waals surface area (Å²) in [6.45, 7) is 2.72. The molecule has 2 saturated heterocycles. The van der Waals surface area contributed by atoms with Gasteiger partial charge in [0.05, 0.1) is 17.3 Å². The lowest BCUT2D eigenvalue weighted by atomic mass is 10.1. The van der Waals surface area contributed by atoms with Gasteiger partial charge in [0.2, 0.25) is 10.0 Å². The van der Waals surface area contributed by atoms with Crippen LogP contribution in [0.5, 0.6) is 0 Å². The highest BCUT2D eigenvalue weighted by molar-refractivity contribution is 7.88. The Morgan fingerprint density at radius 1 is 1.11 bits per heavy atom. The fraction of sp³-hybridized carbons (Fsp3) is 0.500. The zero-order chi connectivity index (χ0) is 19.7. The van der Waals surface area contributed by atoms with E-state index in [0.717, 1.165) is 42.7 Å². The molecule has 0 radical (unpaired) electrons. The molecule has 8 heteroatoms. The van der Waals surface area contributed by atoms with Gasteiger partial charge in [0, 0.05) is 37.6 Å². The van der Waals surface area contributed by atoms with Crippen LogP contribution in [-0.4, -0.2) is 62.1 Å². The van der Waals surface area contributed by atoms with E-state index in [4.69, 9.17) is 4.98 Å². The van der Waals surface area contributed by atoms with Crippen LogP contribution in [0, 0.1) is 0 Å². The Balaban J connectivity index is 1.56. The van der Waals surface area contributed by atoms with Crippen molar-refractivity contribution >= 4 is 32.7 Å². The quantitative estimate of drug-likeness (QED) is 0.846. The summed E-state index contributed by atoms with van der Waals surface area (Å²) in [5.41, 5.74) is 1.49. The summed E-state index contributed by atoms with van der Waals surface area (Å²) in [6.07, 6.45) is 4.70. The van der Waals surface area contributed by atoms with Crippen molar-refractivity contribution in [3.63, 3.8) is 0 Å². The molecule has 0 aliphatic carbocycles. The van der Waals surface area contributed by atoms with Crippen molar-refractivity contribution in [3.05, 3.63) is 35.9 Å². The molecular formula is C20H26N4O3S. The van der Waals surface area contributed by atoms with Gasteiger partial charge in [-0.25, -0.2) is 17.7 Å². The lowest BCUT2D eigenvalue weighted by Gasteiger charge is -2.31. The number of carbonyl (C=O) groups is 1. The van der Waals surface area contributed by atoms with E-state index < -0.39 is 10.0 Å². The van der Waals surface area contributed by atoms with Crippen molar-refractivity contribution in [3.8, 4) is 0 Å². The first-order chi connectivity index (χ1) is 13.4. The Kier molecular flexibility index (Phi) is 5.25. The second-order valence-electron chi connectivity index (χ2n) is 7.66. The molecule has 0 unspecified atom stereocenters. The average Bonchev–Trinajstić information content (AvgIpc) is 3.21. The van der Waals surface area contributed by atoms with Crippen LogP contribution < -0.4 is 10.2 Å². The topological polar surface area (TPSA) is 82.6 Å². The molecule has 1 N–H and O–H groups in total. The van der Waals surface area contributed by atoms with Crippen LogP contribution in [0.15, 0.2) is 30.3 Å². The smallest absolute Gasteiger partial charge is 0.255 e. The molecule has 1 aromatic heterocycles. The summed E-state index contributed by atoms with van der Waals surface area (Å²) < 4.78 is 24.8. The van der Waals surface area contributed by atoms with Crippen LogP contribution in [0.3, 0.4) is 0 Å². The molecule has 0 bridgehead atoms. The van der Waals surface area contributed by atoms with Crippen molar-refractivity contribution in [2.75, 3.05) is 37.3 Å². The van der Waals surface area contributed by atoms with E-state index in [-0.39, 0.29) is 11.9 Å². The maximum Gasteiger partial charge on any atom is 0.255 e. The van der Waals surface area contributed by atoms with Gasteiger partial charge in [0.1, 0.15) is 5.82 Å². The predicted octanol–water partition coefficient (Wildman–Crippen LogP) is 1.99. The molecule has 1 aromatic carbocycles. The minimum Gasteiger partial charge on any atom is -0.356 e. The van der Waals surface area contributed by atoms with Gasteiger partial charge in [-0.15, -0.1) is 0 Å². The number of anilines is 1. The van der Waals surface area contributed by atoms with Gasteiger partial charge in [-0.1, -0.05) is 18.2 Å². The van der Waals surface area contributed by atoms with E-state index >= 15 is 0 Å². The number of nitrogens with zero attached hydrogens (tertiary/aromatic N) is 3. The van der Waals surface area contributed by atoms with E-state index in [2.05, 4.69) is 10.2 Å². The highest BCUT2D eigenvalue weighted by Crippen LogP contribution is 2.27. The fourth-order valence-corrected chi connectivity index (χ4v) is 4.91. The van der Waals surface area contributed by atoms with Gasteiger partial charge in [-0.2, -0.15) is 0 Å². The number of nitrogens with one attached hydrogen (secondary N) is 1. The highest BCUT2D eigenvalue weighted by atomic mass is 32.2. The number of aromatic nitrogens is 1. The van der Waals surface area contributed by atoms with Gasteiger partial charge in [0.15, 0.2) is 0 Å². The largest absolute Gasteiger partial charge is 0.356 e. The number of benzene rings is 1. The summed E-state index contributed by atoms with van der Waals surface area (Å²) in [4.78, 5) is 20.1. The molecule has 28 heavy (non-hydrogen) atoms. The summed E-state index contributed by atoms with van der Waals surface area (Å²) in [5, 5.41) is 4.06. The Labute approximate surface area is 165 Å². The molecule has 3 heterocycles. The minimum absolute atomic E-state index is 0.0246. The molecule has 2 fully saturated rings. The number of piperidine rings is 1. The number of sulfonamides is 1. The van der Waals surface area contributed by atoms with E-state index in [1.807, 2.05) is 30.3 Å². The lowest BCUT2D eigenvalue weighted by molar-refractivity contribution is 0.0924. The van der Waals surface area contributed by atoms with Crippen LogP contribution >= 0.6 is 0 Å². The minimum atomic E-state index is -3.17. The number of hydrogen-bond acceptors (Lipinski definition) is 5. The van der Waals surface area contributed by atoms with Gasteiger partial charge in [0.25, 0.3) is 5.91 Å². The molecule has 2 aliphatic heterocycles. The number of carbonyl (C=O) groups excluding carboxylic acids is 1. The molecule has 1 amide bonds. The van der Waals surface area contributed by atoms with Crippen LogP contribution in [-0.2, 0) is 10.0 Å². The van der Waals surface area contributed by atoms with Gasteiger partial charge < -0.3 is 10.2 Å². The third-order valence-electron chi connectivity index (χ3n) is 5.61. The first kappa shape index (κ1) is 19.1. The van der Waals surface area contributed by atoms with Crippen molar-refractivity contribution in [1.82, 2.24) is 14.6 Å². The Bertz CT molecular complexity index is 978. The summed E-state index contributed by atoms with van der Waals surface area (Å²) >= 11 is 0. The van der Waals surface area contributed by atoms with E-state index in [0.29, 0.717) is 31.5 Å². The standard InChI is InChI=1S/C20H26N4O3S/c1-28(26,27)24-12-8-16(9-13-24)21-20(25)17-14-15-6-2-3-7-18(15)22-19(17)23-10-4-5-11-23/h2-3,6-7,14,16H,4-5,8-13H2,1H3,(H,21,25). The van der Waals surface area contributed by atoms with Crippen molar-refractivity contribution < 1.29 is 13.2 Å². The highest BCUT2D eigenvalue weighted by Gasteiger charge is 2.28.